The lowest BCUT2D eigenvalue weighted by atomic mass is 10.1. The third-order valence-electron chi connectivity index (χ3n) is 3.35. The van der Waals surface area contributed by atoms with Gasteiger partial charge in [0.15, 0.2) is 0 Å². The van der Waals surface area contributed by atoms with E-state index < -0.39 is 0 Å². The highest BCUT2D eigenvalue weighted by Gasteiger charge is 2.11. The lowest BCUT2D eigenvalue weighted by Crippen LogP contribution is -1.96. The Balaban J connectivity index is 2.24. The van der Waals surface area contributed by atoms with Crippen LogP contribution in [0.25, 0.3) is 10.9 Å². The number of rotatable bonds is 0. The maximum atomic E-state index is 9.78. The molecule has 82 valence electrons. The van der Waals surface area contributed by atoms with Gasteiger partial charge in [0.05, 0.1) is 0 Å². The zero-order valence-corrected chi connectivity index (χ0v) is 9.24. The average Bonchev–Trinajstić information content (AvgIpc) is 2.52. The van der Waals surface area contributed by atoms with E-state index in [1.165, 1.54) is 30.5 Å². The van der Waals surface area contributed by atoms with Crippen LogP contribution in [0.2, 0.25) is 0 Å². The van der Waals surface area contributed by atoms with Gasteiger partial charge in [-0.3, -0.25) is 0 Å². The first-order chi connectivity index (χ1) is 7.84. The van der Waals surface area contributed by atoms with Gasteiger partial charge < -0.3 is 5.11 Å². The maximum Gasteiger partial charge on any atom is 0.141 e. The Morgan fingerprint density at radius 1 is 1.06 bits per heavy atom. The molecule has 2 heteroatoms. The second-order valence-electron chi connectivity index (χ2n) is 4.50. The Kier molecular flexibility index (Phi) is 2.28. The highest BCUT2D eigenvalue weighted by molar-refractivity contribution is 5.85. The van der Waals surface area contributed by atoms with Gasteiger partial charge in [0.25, 0.3) is 0 Å². The van der Waals surface area contributed by atoms with E-state index in [0.29, 0.717) is 5.75 Å². The summed E-state index contributed by atoms with van der Waals surface area (Å²) in [6.45, 7) is 0. The topological polar surface area (TPSA) is 33.1 Å². The summed E-state index contributed by atoms with van der Waals surface area (Å²) in [5.74, 6) is 0.296. The highest BCUT2D eigenvalue weighted by Crippen LogP contribution is 2.27. The molecule has 0 fully saturated rings. The van der Waals surface area contributed by atoms with Gasteiger partial charge in [-0.1, -0.05) is 18.6 Å². The van der Waals surface area contributed by atoms with Crippen LogP contribution in [-0.4, -0.2) is 10.1 Å². The SMILES string of the molecule is Oc1cccc2cc3c(nc12)CCCCC3. The quantitative estimate of drug-likeness (QED) is 0.682. The first kappa shape index (κ1) is 9.64. The van der Waals surface area contributed by atoms with Gasteiger partial charge in [-0.25, -0.2) is 4.98 Å². The molecule has 2 nitrogen and oxygen atoms in total. The summed E-state index contributed by atoms with van der Waals surface area (Å²) in [5, 5.41) is 10.8. The summed E-state index contributed by atoms with van der Waals surface area (Å²) in [6, 6.07) is 7.80. The lowest BCUT2D eigenvalue weighted by Gasteiger charge is -2.07. The molecular weight excluding hydrogens is 198 g/mol. The van der Waals surface area contributed by atoms with E-state index in [1.54, 1.807) is 6.07 Å². The van der Waals surface area contributed by atoms with E-state index in [4.69, 9.17) is 0 Å². The number of benzene rings is 1. The van der Waals surface area contributed by atoms with Crippen molar-refractivity contribution in [3.8, 4) is 5.75 Å². The number of phenolic OH excluding ortho intramolecular Hbond substituents is 1. The van der Waals surface area contributed by atoms with Crippen molar-refractivity contribution in [2.24, 2.45) is 0 Å². The zero-order chi connectivity index (χ0) is 11.0. The highest BCUT2D eigenvalue weighted by atomic mass is 16.3. The molecule has 0 atom stereocenters. The van der Waals surface area contributed by atoms with Crippen LogP contribution in [-0.2, 0) is 12.8 Å². The van der Waals surface area contributed by atoms with Crippen LogP contribution in [0.4, 0.5) is 0 Å². The average molecular weight is 213 g/mol. The normalized spacial score (nSPS) is 15.8. The van der Waals surface area contributed by atoms with Crippen molar-refractivity contribution in [1.29, 1.82) is 0 Å². The van der Waals surface area contributed by atoms with Crippen molar-refractivity contribution < 1.29 is 5.11 Å². The second kappa shape index (κ2) is 3.78. The standard InChI is InChI=1S/C14H15NO/c16-13-8-4-6-11-9-10-5-2-1-3-7-12(10)15-14(11)13/h4,6,8-9,16H,1-3,5,7H2. The minimum Gasteiger partial charge on any atom is -0.506 e. The van der Waals surface area contributed by atoms with E-state index in [1.807, 2.05) is 12.1 Å². The molecule has 1 aliphatic carbocycles. The molecule has 0 saturated heterocycles. The Labute approximate surface area is 94.9 Å². The molecule has 1 N–H and O–H groups in total. The Morgan fingerprint density at radius 3 is 2.88 bits per heavy atom. The summed E-state index contributed by atoms with van der Waals surface area (Å²) in [6.07, 6.45) is 5.96. The number of hydrogen-bond acceptors (Lipinski definition) is 2. The number of nitrogens with zero attached hydrogens (tertiary/aromatic N) is 1. The molecular formula is C14H15NO. The predicted molar refractivity (Wildman–Crippen MR) is 64.7 cm³/mol. The number of pyridine rings is 1. The molecule has 0 saturated carbocycles. The summed E-state index contributed by atoms with van der Waals surface area (Å²) in [7, 11) is 0. The van der Waals surface area contributed by atoms with Gasteiger partial charge in [0, 0.05) is 11.1 Å². The van der Waals surface area contributed by atoms with Gasteiger partial charge in [-0.05, 0) is 43.4 Å². The van der Waals surface area contributed by atoms with Gasteiger partial charge in [-0.2, -0.15) is 0 Å². The van der Waals surface area contributed by atoms with Crippen molar-refractivity contribution in [1.82, 2.24) is 4.98 Å². The van der Waals surface area contributed by atoms with Gasteiger partial charge >= 0.3 is 0 Å². The zero-order valence-electron chi connectivity index (χ0n) is 9.24. The molecule has 1 aromatic carbocycles. The molecule has 0 aliphatic heterocycles. The molecule has 1 aromatic heterocycles. The van der Waals surface area contributed by atoms with Crippen LogP contribution < -0.4 is 0 Å². The number of phenols is 1. The van der Waals surface area contributed by atoms with Gasteiger partial charge in [0.2, 0.25) is 0 Å². The third kappa shape index (κ3) is 1.54. The fraction of sp³-hybridized carbons (Fsp3) is 0.357. The first-order valence-corrected chi connectivity index (χ1v) is 5.95. The van der Waals surface area contributed by atoms with Crippen LogP contribution in [0.5, 0.6) is 5.75 Å². The number of aromatic hydroxyl groups is 1. The molecule has 0 unspecified atom stereocenters. The summed E-state index contributed by atoms with van der Waals surface area (Å²) in [4.78, 5) is 4.63. The summed E-state index contributed by atoms with van der Waals surface area (Å²) < 4.78 is 0. The molecule has 0 spiro atoms. The van der Waals surface area contributed by atoms with Crippen LogP contribution >= 0.6 is 0 Å². The molecule has 3 rings (SSSR count). The van der Waals surface area contributed by atoms with E-state index in [0.717, 1.165) is 23.7 Å². The van der Waals surface area contributed by atoms with Crippen LogP contribution in [0.3, 0.4) is 0 Å². The van der Waals surface area contributed by atoms with E-state index >= 15 is 0 Å². The number of hydrogen-bond donors (Lipinski definition) is 1. The van der Waals surface area contributed by atoms with E-state index in [2.05, 4.69) is 11.1 Å². The van der Waals surface area contributed by atoms with Crippen molar-refractivity contribution in [3.63, 3.8) is 0 Å². The lowest BCUT2D eigenvalue weighted by molar-refractivity contribution is 0.480. The minimum atomic E-state index is 0.296. The fourth-order valence-electron chi connectivity index (χ4n) is 2.48. The number of para-hydroxylation sites is 1. The van der Waals surface area contributed by atoms with Gasteiger partial charge in [-0.15, -0.1) is 0 Å². The summed E-state index contributed by atoms with van der Waals surface area (Å²) in [5.41, 5.74) is 3.31. The van der Waals surface area contributed by atoms with Crippen molar-refractivity contribution in [3.05, 3.63) is 35.5 Å². The molecule has 0 radical (unpaired) electrons. The molecule has 2 aromatic rings. The van der Waals surface area contributed by atoms with Crippen molar-refractivity contribution in [2.75, 3.05) is 0 Å². The largest absolute Gasteiger partial charge is 0.506 e. The second-order valence-corrected chi connectivity index (χ2v) is 4.50. The Hall–Kier alpha value is -1.57. The number of fused-ring (bicyclic) bond motifs is 2. The van der Waals surface area contributed by atoms with Crippen LogP contribution in [0.1, 0.15) is 30.5 Å². The molecule has 0 amide bonds. The minimum absolute atomic E-state index is 0.296. The maximum absolute atomic E-state index is 9.78. The smallest absolute Gasteiger partial charge is 0.141 e. The van der Waals surface area contributed by atoms with Gasteiger partial charge in [0.1, 0.15) is 11.3 Å². The molecule has 16 heavy (non-hydrogen) atoms. The number of aryl methyl sites for hydroxylation is 2. The monoisotopic (exact) mass is 213 g/mol. The Morgan fingerprint density at radius 2 is 1.94 bits per heavy atom. The molecule has 0 bridgehead atoms. The predicted octanol–water partition coefficient (Wildman–Crippen LogP) is 3.21. The van der Waals surface area contributed by atoms with Crippen LogP contribution in [0, 0.1) is 0 Å². The van der Waals surface area contributed by atoms with E-state index in [9.17, 15) is 5.11 Å². The summed E-state index contributed by atoms with van der Waals surface area (Å²) >= 11 is 0. The van der Waals surface area contributed by atoms with Crippen LogP contribution in [0.15, 0.2) is 24.3 Å². The molecule has 1 aliphatic rings. The first-order valence-electron chi connectivity index (χ1n) is 5.95. The third-order valence-corrected chi connectivity index (χ3v) is 3.35. The molecule has 1 heterocycles. The van der Waals surface area contributed by atoms with Crippen molar-refractivity contribution >= 4 is 10.9 Å². The fourth-order valence-corrected chi connectivity index (χ4v) is 2.48. The van der Waals surface area contributed by atoms with Crippen molar-refractivity contribution in [2.45, 2.75) is 32.1 Å². The number of aromatic nitrogens is 1. The Bertz CT molecular complexity index is 533. The van der Waals surface area contributed by atoms with E-state index in [-0.39, 0.29) is 0 Å².